The summed E-state index contributed by atoms with van der Waals surface area (Å²) in [6.07, 6.45) is 7.50. The van der Waals surface area contributed by atoms with Crippen molar-refractivity contribution in [2.75, 3.05) is 6.61 Å². The summed E-state index contributed by atoms with van der Waals surface area (Å²) < 4.78 is 11.9. The Balaban J connectivity index is 1.41. The van der Waals surface area contributed by atoms with Crippen LogP contribution in [0.5, 0.6) is 5.75 Å². The molecule has 2 fully saturated rings. The molecule has 2 atom stereocenters. The molecule has 3 heteroatoms. The van der Waals surface area contributed by atoms with E-state index in [9.17, 15) is 5.11 Å². The number of aliphatic hydroxyl groups is 1. The van der Waals surface area contributed by atoms with Crippen molar-refractivity contribution in [2.45, 2.75) is 66.1 Å². The first-order valence-corrected chi connectivity index (χ1v) is 12.4. The second-order valence-electron chi connectivity index (χ2n) is 10.5. The topological polar surface area (TPSA) is 38.7 Å². The molecule has 1 N–H and O–H groups in total. The van der Waals surface area contributed by atoms with Gasteiger partial charge in [-0.25, -0.2) is 0 Å². The molecule has 3 nitrogen and oxygen atoms in total. The third kappa shape index (κ3) is 5.82. The first-order chi connectivity index (χ1) is 16.1. The lowest BCUT2D eigenvalue weighted by Gasteiger charge is -2.18. The van der Waals surface area contributed by atoms with Crippen molar-refractivity contribution in [1.82, 2.24) is 0 Å². The van der Waals surface area contributed by atoms with Gasteiger partial charge in [-0.2, -0.15) is 0 Å². The van der Waals surface area contributed by atoms with Crippen LogP contribution in [-0.4, -0.2) is 17.3 Å². The number of allylic oxidation sites excluding steroid dienone is 4. The zero-order chi connectivity index (χ0) is 24.5. The van der Waals surface area contributed by atoms with Crippen molar-refractivity contribution in [3.63, 3.8) is 0 Å². The van der Waals surface area contributed by atoms with Gasteiger partial charge in [0.1, 0.15) is 18.1 Å². The minimum Gasteiger partial charge on any atom is -0.493 e. The lowest BCUT2D eigenvalue weighted by atomic mass is 9.94. The van der Waals surface area contributed by atoms with E-state index in [0.29, 0.717) is 19.6 Å². The number of ether oxygens (including phenoxy) is 2. The Hall–Kier alpha value is -2.78. The molecule has 0 aliphatic heterocycles. The summed E-state index contributed by atoms with van der Waals surface area (Å²) >= 11 is 0. The second kappa shape index (κ2) is 9.84. The highest BCUT2D eigenvalue weighted by Gasteiger charge is 2.46. The molecule has 2 aromatic carbocycles. The van der Waals surface area contributed by atoms with Crippen LogP contribution in [0.3, 0.4) is 0 Å². The summed E-state index contributed by atoms with van der Waals surface area (Å²) in [5.74, 6) is 3.22. The van der Waals surface area contributed by atoms with Crippen LogP contribution in [0.4, 0.5) is 0 Å². The number of benzene rings is 2. The number of fused-ring (bicyclic) bond motifs is 1. The van der Waals surface area contributed by atoms with Crippen LogP contribution in [0.25, 0.3) is 11.1 Å². The monoisotopic (exact) mass is 458 g/mol. The quantitative estimate of drug-likeness (QED) is 0.397. The summed E-state index contributed by atoms with van der Waals surface area (Å²) in [6, 6.07) is 12.7. The van der Waals surface area contributed by atoms with Gasteiger partial charge in [0.05, 0.1) is 12.2 Å². The average Bonchev–Trinajstić information content (AvgIpc) is 3.42. The highest BCUT2D eigenvalue weighted by Crippen LogP contribution is 2.57. The van der Waals surface area contributed by atoms with E-state index in [1.54, 1.807) is 13.8 Å². The molecule has 2 aromatic rings. The van der Waals surface area contributed by atoms with E-state index < -0.39 is 5.60 Å². The predicted molar refractivity (Wildman–Crippen MR) is 140 cm³/mol. The molecule has 4 rings (SSSR count). The largest absolute Gasteiger partial charge is 0.493 e. The van der Waals surface area contributed by atoms with Crippen molar-refractivity contribution < 1.29 is 14.6 Å². The van der Waals surface area contributed by atoms with Gasteiger partial charge in [-0.05, 0) is 123 Å². The van der Waals surface area contributed by atoms with Gasteiger partial charge in [-0.1, -0.05) is 30.9 Å². The summed E-state index contributed by atoms with van der Waals surface area (Å²) in [6.45, 7) is 15.1. The minimum atomic E-state index is -0.722. The van der Waals surface area contributed by atoms with E-state index >= 15 is 0 Å². The van der Waals surface area contributed by atoms with Crippen molar-refractivity contribution in [3.05, 3.63) is 88.7 Å². The van der Waals surface area contributed by atoms with Crippen molar-refractivity contribution in [2.24, 2.45) is 11.8 Å². The van der Waals surface area contributed by atoms with E-state index in [1.807, 2.05) is 0 Å². The van der Waals surface area contributed by atoms with Gasteiger partial charge in [0.2, 0.25) is 0 Å². The number of hydrogen-bond donors (Lipinski definition) is 1. The molecular formula is C31H38O3. The van der Waals surface area contributed by atoms with Crippen LogP contribution < -0.4 is 4.74 Å². The summed E-state index contributed by atoms with van der Waals surface area (Å²) in [5, 5.41) is 9.91. The molecule has 0 heterocycles. The molecule has 0 aromatic heterocycles. The number of hydrogen-bond acceptors (Lipinski definition) is 3. The first-order valence-electron chi connectivity index (χ1n) is 12.4. The van der Waals surface area contributed by atoms with E-state index in [-0.39, 0.29) is 0 Å². The molecule has 0 saturated heterocycles. The highest BCUT2D eigenvalue weighted by atomic mass is 16.5. The predicted octanol–water partition coefficient (Wildman–Crippen LogP) is 7.45. The van der Waals surface area contributed by atoms with Crippen molar-refractivity contribution >= 4 is 0 Å². The van der Waals surface area contributed by atoms with E-state index in [1.165, 1.54) is 39.8 Å². The van der Waals surface area contributed by atoms with Crippen LogP contribution in [0.2, 0.25) is 0 Å². The third-order valence-corrected chi connectivity index (χ3v) is 6.95. The molecule has 180 valence electrons. The molecular weight excluding hydrogens is 420 g/mol. The Morgan fingerprint density at radius 2 is 1.91 bits per heavy atom. The molecule has 0 spiro atoms. The van der Waals surface area contributed by atoms with E-state index in [0.717, 1.165) is 35.3 Å². The van der Waals surface area contributed by atoms with Crippen molar-refractivity contribution in [1.29, 1.82) is 0 Å². The summed E-state index contributed by atoms with van der Waals surface area (Å²) in [5.41, 5.74) is 8.04. The molecule has 2 aliphatic carbocycles. The van der Waals surface area contributed by atoms with Gasteiger partial charge in [0, 0.05) is 6.42 Å². The molecule has 2 saturated carbocycles. The maximum atomic E-state index is 9.91. The lowest BCUT2D eigenvalue weighted by molar-refractivity contribution is 0.0553. The van der Waals surface area contributed by atoms with Gasteiger partial charge in [-0.15, -0.1) is 0 Å². The van der Waals surface area contributed by atoms with Gasteiger partial charge in [-0.3, -0.25) is 0 Å². The summed E-state index contributed by atoms with van der Waals surface area (Å²) in [4.78, 5) is 0. The zero-order valence-corrected chi connectivity index (χ0v) is 21.3. The molecule has 0 radical (unpaired) electrons. The normalized spacial score (nSPS) is 21.6. The zero-order valence-electron chi connectivity index (χ0n) is 21.3. The Labute approximate surface area is 204 Å². The molecule has 0 bridgehead atoms. The maximum Gasteiger partial charge on any atom is 0.119 e. The minimum absolute atomic E-state index is 0.492. The smallest absolute Gasteiger partial charge is 0.119 e. The summed E-state index contributed by atoms with van der Waals surface area (Å²) in [7, 11) is 0. The fourth-order valence-electron chi connectivity index (χ4n) is 5.14. The first kappa shape index (κ1) is 24.3. The second-order valence-corrected chi connectivity index (χ2v) is 10.5. The SMILES string of the molecule is C=C(/C=C1/CC2CC2/C1=C/C)OCc1cccc(-c2c(C)cc(OCCC(C)(C)O)cc2C)c1. The van der Waals surface area contributed by atoms with Gasteiger partial charge in [0.25, 0.3) is 0 Å². The number of aryl methyl sites for hydroxylation is 2. The fraction of sp³-hybridized carbons (Fsp3) is 0.419. The highest BCUT2D eigenvalue weighted by molar-refractivity contribution is 5.72. The Kier molecular flexibility index (Phi) is 7.04. The molecule has 2 aliphatic rings. The Morgan fingerprint density at radius 3 is 2.59 bits per heavy atom. The van der Waals surface area contributed by atoms with E-state index in [4.69, 9.17) is 9.47 Å². The van der Waals surface area contributed by atoms with Gasteiger partial charge in [0.15, 0.2) is 0 Å². The standard InChI is InChI=1S/C31H38O3/c1-7-28-25(17-26-18-29(26)28)15-22(4)34-19-23-9-8-10-24(16-23)30-20(2)13-27(14-21(30)3)33-12-11-31(5,6)32/h7-10,13-16,26,29,32H,4,11-12,17-19H2,1-3,5-6H3/b25-15-,28-7+. The van der Waals surface area contributed by atoms with Crippen LogP contribution in [0.1, 0.15) is 56.7 Å². The fourth-order valence-corrected chi connectivity index (χ4v) is 5.14. The Morgan fingerprint density at radius 1 is 1.18 bits per heavy atom. The van der Waals surface area contributed by atoms with Gasteiger partial charge >= 0.3 is 0 Å². The van der Waals surface area contributed by atoms with Crippen LogP contribution >= 0.6 is 0 Å². The van der Waals surface area contributed by atoms with E-state index in [2.05, 4.69) is 75.9 Å². The third-order valence-electron chi connectivity index (χ3n) is 6.95. The molecule has 34 heavy (non-hydrogen) atoms. The van der Waals surface area contributed by atoms with Crippen LogP contribution in [0, 0.1) is 25.7 Å². The van der Waals surface area contributed by atoms with Crippen molar-refractivity contribution in [3.8, 4) is 16.9 Å². The Bertz CT molecular complexity index is 1110. The number of rotatable bonds is 9. The lowest BCUT2D eigenvalue weighted by Crippen LogP contribution is -2.21. The van der Waals surface area contributed by atoms with Crippen LogP contribution in [-0.2, 0) is 11.3 Å². The molecule has 0 amide bonds. The average molecular weight is 459 g/mol. The maximum absolute atomic E-state index is 9.91. The van der Waals surface area contributed by atoms with Crippen LogP contribution in [0.15, 0.2) is 72.0 Å². The molecule has 2 unspecified atom stereocenters. The van der Waals surface area contributed by atoms with Gasteiger partial charge < -0.3 is 14.6 Å².